The first-order valence-corrected chi connectivity index (χ1v) is 2.00. The van der Waals surface area contributed by atoms with Crippen LogP contribution in [0.25, 0.3) is 0 Å². The normalized spacial score (nSPS) is 7.25. The summed E-state index contributed by atoms with van der Waals surface area (Å²) in [7, 11) is -5.17. The molecule has 0 aliphatic rings. The van der Waals surface area contributed by atoms with Crippen molar-refractivity contribution >= 4 is 10.4 Å². The molecular formula is H10N2O5S. The van der Waals surface area contributed by atoms with Gasteiger partial charge in [-0.2, -0.15) is 0 Å². The van der Waals surface area contributed by atoms with E-state index in [1.54, 1.807) is 0 Å². The molecule has 0 aromatic carbocycles. The first-order chi connectivity index (χ1) is 2.00. The van der Waals surface area contributed by atoms with E-state index in [2.05, 4.69) is 0 Å². The number of quaternary nitrogens is 2. The number of rotatable bonds is 0. The molecular weight excluding hydrogens is 140 g/mol. The monoisotopic (exact) mass is 150 g/mol. The Morgan fingerprint density at radius 1 is 1.00 bits per heavy atom. The summed E-state index contributed by atoms with van der Waals surface area (Å²) in [5.41, 5.74) is 0. The smallest absolute Gasteiger partial charge is 0.0311 e. The summed E-state index contributed by atoms with van der Waals surface area (Å²) in [6.07, 6.45) is 0. The van der Waals surface area contributed by atoms with Crippen LogP contribution in [-0.4, -0.2) is 23.0 Å². The van der Waals surface area contributed by atoms with Gasteiger partial charge in [0.15, 0.2) is 0 Å². The predicted molar refractivity (Wildman–Crippen MR) is 26.1 cm³/mol. The van der Waals surface area contributed by atoms with E-state index in [1.165, 1.54) is 0 Å². The molecule has 0 atom stereocenters. The summed E-state index contributed by atoms with van der Waals surface area (Å²) in [5.74, 6) is 0. The van der Waals surface area contributed by atoms with Crippen LogP contribution in [0.1, 0.15) is 0 Å². The highest BCUT2D eigenvalue weighted by molar-refractivity contribution is 7.79. The molecule has 0 aromatic heterocycles. The maximum Gasteiger partial charge on any atom is 0.0311 e. The highest BCUT2D eigenvalue weighted by atomic mass is 32.3. The minimum atomic E-state index is -5.17. The van der Waals surface area contributed by atoms with Gasteiger partial charge >= 0.3 is 0 Å². The van der Waals surface area contributed by atoms with Crippen LogP contribution in [0.5, 0.6) is 0 Å². The second-order valence-corrected chi connectivity index (χ2v) is 1.22. The van der Waals surface area contributed by atoms with Crippen molar-refractivity contribution in [2.75, 3.05) is 0 Å². The SMILES string of the molecule is O.O=S(=O)([O-])[O-].[NH4+].[NH4+]. The Labute approximate surface area is 46.8 Å². The van der Waals surface area contributed by atoms with Crippen molar-refractivity contribution in [1.82, 2.24) is 12.3 Å². The zero-order valence-electron chi connectivity index (χ0n) is 4.54. The van der Waals surface area contributed by atoms with Crippen LogP contribution < -0.4 is 12.3 Å². The van der Waals surface area contributed by atoms with Crippen LogP contribution >= 0.6 is 0 Å². The quantitative estimate of drug-likeness (QED) is 0.317. The third kappa shape index (κ3) is 2080. The van der Waals surface area contributed by atoms with Gasteiger partial charge in [-0.05, 0) is 0 Å². The van der Waals surface area contributed by atoms with Crippen LogP contribution in [0.2, 0.25) is 0 Å². The van der Waals surface area contributed by atoms with Crippen LogP contribution in [0.3, 0.4) is 0 Å². The van der Waals surface area contributed by atoms with Crippen molar-refractivity contribution in [2.45, 2.75) is 0 Å². The highest BCUT2D eigenvalue weighted by Crippen LogP contribution is 1.57. The lowest BCUT2D eigenvalue weighted by atomic mass is 14.0. The summed E-state index contributed by atoms with van der Waals surface area (Å²) in [4.78, 5) is 0. The average molecular weight is 150 g/mol. The molecule has 0 rings (SSSR count). The fourth-order valence-corrected chi connectivity index (χ4v) is 0. The third-order valence-corrected chi connectivity index (χ3v) is 0. The lowest BCUT2D eigenvalue weighted by molar-refractivity contribution is 0.352. The molecule has 8 heteroatoms. The van der Waals surface area contributed by atoms with Gasteiger partial charge in [0, 0.05) is 10.4 Å². The van der Waals surface area contributed by atoms with Crippen molar-refractivity contribution in [3.05, 3.63) is 0 Å². The number of hydrogen-bond acceptors (Lipinski definition) is 4. The van der Waals surface area contributed by atoms with Gasteiger partial charge in [0.25, 0.3) is 0 Å². The van der Waals surface area contributed by atoms with E-state index in [0.29, 0.717) is 0 Å². The van der Waals surface area contributed by atoms with Crippen molar-refractivity contribution in [2.24, 2.45) is 0 Å². The van der Waals surface area contributed by atoms with Crippen molar-refractivity contribution in [3.63, 3.8) is 0 Å². The first kappa shape index (κ1) is 25.1. The summed E-state index contributed by atoms with van der Waals surface area (Å²) in [5, 5.41) is 0. The molecule has 0 fully saturated rings. The van der Waals surface area contributed by atoms with Gasteiger partial charge in [0.2, 0.25) is 0 Å². The first-order valence-electron chi connectivity index (χ1n) is 0.667. The Morgan fingerprint density at radius 3 is 1.00 bits per heavy atom. The second-order valence-electron chi connectivity index (χ2n) is 0.408. The molecule has 8 heavy (non-hydrogen) atoms. The average Bonchev–Trinajstić information content (AvgIpc) is 0.722. The lowest BCUT2D eigenvalue weighted by Crippen LogP contribution is -1.91. The molecule has 0 aromatic rings. The Morgan fingerprint density at radius 2 is 1.00 bits per heavy atom. The van der Waals surface area contributed by atoms with Gasteiger partial charge in [-0.25, -0.2) is 0 Å². The van der Waals surface area contributed by atoms with Crippen LogP contribution in [0.15, 0.2) is 0 Å². The van der Waals surface area contributed by atoms with Crippen molar-refractivity contribution < 1.29 is 23.0 Å². The molecule has 0 spiro atoms. The maximum absolute atomic E-state index is 8.52. The van der Waals surface area contributed by atoms with E-state index in [4.69, 9.17) is 17.5 Å². The Hall–Kier alpha value is -0.250. The largest absolute Gasteiger partial charge is 0.759 e. The highest BCUT2D eigenvalue weighted by Gasteiger charge is 1.49. The topological polar surface area (TPSA) is 185 Å². The van der Waals surface area contributed by atoms with Crippen LogP contribution in [0, 0.1) is 0 Å². The fraction of sp³-hybridized carbons (Fsp3) is 0. The summed E-state index contributed by atoms with van der Waals surface area (Å²) < 4.78 is 34.1. The molecule has 0 bridgehead atoms. The summed E-state index contributed by atoms with van der Waals surface area (Å²) >= 11 is 0. The molecule has 7 nitrogen and oxygen atoms in total. The minimum Gasteiger partial charge on any atom is -0.759 e. The van der Waals surface area contributed by atoms with E-state index in [9.17, 15) is 0 Å². The van der Waals surface area contributed by atoms with E-state index in [0.717, 1.165) is 0 Å². The molecule has 0 unspecified atom stereocenters. The maximum atomic E-state index is 8.52. The third-order valence-electron chi connectivity index (χ3n) is 0. The van der Waals surface area contributed by atoms with Gasteiger partial charge in [0.1, 0.15) is 0 Å². The Balaban J connectivity index is -0.0000000267. The van der Waals surface area contributed by atoms with E-state index in [-0.39, 0.29) is 17.8 Å². The summed E-state index contributed by atoms with van der Waals surface area (Å²) in [6.45, 7) is 0. The van der Waals surface area contributed by atoms with Gasteiger partial charge in [-0.1, -0.05) is 0 Å². The zero-order chi connectivity index (χ0) is 4.50. The molecule has 0 aliphatic heterocycles. The van der Waals surface area contributed by atoms with E-state index in [1.807, 2.05) is 0 Å². The molecule has 0 heterocycles. The van der Waals surface area contributed by atoms with Crippen molar-refractivity contribution in [1.29, 1.82) is 0 Å². The lowest BCUT2D eigenvalue weighted by Gasteiger charge is -2.06. The van der Waals surface area contributed by atoms with Gasteiger partial charge in [-0.15, -0.1) is 0 Å². The van der Waals surface area contributed by atoms with Gasteiger partial charge in [-0.3, -0.25) is 8.42 Å². The molecule has 0 saturated carbocycles. The molecule has 0 amide bonds. The molecule has 0 radical (unpaired) electrons. The second kappa shape index (κ2) is 6.75. The van der Waals surface area contributed by atoms with Crippen LogP contribution in [0.4, 0.5) is 0 Å². The van der Waals surface area contributed by atoms with E-state index < -0.39 is 10.4 Å². The number of hydrogen-bond donors (Lipinski definition) is 2. The molecule has 0 aliphatic carbocycles. The summed E-state index contributed by atoms with van der Waals surface area (Å²) in [6, 6.07) is 0. The molecule has 0 saturated heterocycles. The molecule has 56 valence electrons. The standard InChI is InChI=1S/2H3N.H2O4S.H2O/c;;1-5(2,3)4;/h2*1H3;(H2,1,2,3,4);1H2. The minimum absolute atomic E-state index is 0. The fourth-order valence-electron chi connectivity index (χ4n) is 0. The van der Waals surface area contributed by atoms with Gasteiger partial charge in [0.05, 0.1) is 0 Å². The van der Waals surface area contributed by atoms with Crippen molar-refractivity contribution in [3.8, 4) is 0 Å². The molecule has 10 N–H and O–H groups in total. The Bertz CT molecular complexity index is 93.6. The Kier molecular flexibility index (Phi) is 21.2. The zero-order valence-corrected chi connectivity index (χ0v) is 5.36. The van der Waals surface area contributed by atoms with Gasteiger partial charge < -0.3 is 26.9 Å². The predicted octanol–water partition coefficient (Wildman–Crippen LogP) is -1.41. The van der Waals surface area contributed by atoms with Crippen LogP contribution in [-0.2, 0) is 10.4 Å². The van der Waals surface area contributed by atoms with E-state index >= 15 is 0 Å².